The summed E-state index contributed by atoms with van der Waals surface area (Å²) in [5.41, 5.74) is 0.748. The molecule has 0 radical (unpaired) electrons. The van der Waals surface area contributed by atoms with Gasteiger partial charge in [-0.15, -0.1) is 0 Å². The predicted octanol–water partition coefficient (Wildman–Crippen LogP) is 0.648. The van der Waals surface area contributed by atoms with Gasteiger partial charge in [0.1, 0.15) is 0 Å². The first-order chi connectivity index (χ1) is 7.81. The summed E-state index contributed by atoms with van der Waals surface area (Å²) in [7, 11) is -0.973. The zero-order valence-electron chi connectivity index (χ0n) is 10.5. The van der Waals surface area contributed by atoms with Gasteiger partial charge >= 0.3 is 0 Å². The van der Waals surface area contributed by atoms with Gasteiger partial charge in [0.15, 0.2) is 9.84 Å². The number of sulfone groups is 1. The van der Waals surface area contributed by atoms with E-state index < -0.39 is 9.84 Å². The normalized spacial score (nSPS) is 29.4. The molecule has 17 heavy (non-hydrogen) atoms. The topological polar surface area (TPSA) is 64.0 Å². The molecular formula is C11H19N3O2S. The van der Waals surface area contributed by atoms with Crippen molar-refractivity contribution in [3.63, 3.8) is 0 Å². The molecule has 2 atom stereocenters. The van der Waals surface area contributed by atoms with E-state index in [4.69, 9.17) is 0 Å². The molecule has 1 aromatic rings. The van der Waals surface area contributed by atoms with Crippen LogP contribution in [0.3, 0.4) is 0 Å². The van der Waals surface area contributed by atoms with Gasteiger partial charge in [0.2, 0.25) is 0 Å². The van der Waals surface area contributed by atoms with Gasteiger partial charge in [-0.3, -0.25) is 4.68 Å². The Bertz CT molecular complexity index is 509. The summed E-state index contributed by atoms with van der Waals surface area (Å²) in [4.78, 5) is 0. The monoisotopic (exact) mass is 257 g/mol. The van der Waals surface area contributed by atoms with E-state index >= 15 is 0 Å². The maximum atomic E-state index is 11.5. The van der Waals surface area contributed by atoms with E-state index in [1.54, 1.807) is 6.20 Å². The number of hydrogen-bond acceptors (Lipinski definition) is 4. The minimum Gasteiger partial charge on any atom is -0.303 e. The molecule has 1 aliphatic rings. The number of aryl methyl sites for hydroxylation is 1. The Morgan fingerprint density at radius 1 is 1.59 bits per heavy atom. The third-order valence-corrected chi connectivity index (χ3v) is 5.27. The van der Waals surface area contributed by atoms with Crippen LogP contribution in [0.5, 0.6) is 0 Å². The molecular weight excluding hydrogens is 238 g/mol. The van der Waals surface area contributed by atoms with Gasteiger partial charge in [-0.1, -0.05) is 0 Å². The highest BCUT2D eigenvalue weighted by Crippen LogP contribution is 2.26. The van der Waals surface area contributed by atoms with Gasteiger partial charge in [-0.2, -0.15) is 5.10 Å². The van der Waals surface area contributed by atoms with Crippen LogP contribution >= 0.6 is 0 Å². The average Bonchev–Trinajstić information content (AvgIpc) is 2.70. The number of nitrogens with zero attached hydrogens (tertiary/aromatic N) is 2. The SMILES string of the molecule is CC(NC1(C)CCS(=O)(=O)C1)c1ccnn1C. The molecule has 1 N–H and O–H groups in total. The summed E-state index contributed by atoms with van der Waals surface area (Å²) in [6.45, 7) is 4.01. The third-order valence-electron chi connectivity index (χ3n) is 3.37. The van der Waals surface area contributed by atoms with Crippen molar-refractivity contribution in [3.05, 3.63) is 18.0 Å². The molecule has 0 aromatic carbocycles. The van der Waals surface area contributed by atoms with Crippen LogP contribution in [0.25, 0.3) is 0 Å². The highest BCUT2D eigenvalue weighted by molar-refractivity contribution is 7.91. The second-order valence-electron chi connectivity index (χ2n) is 5.15. The van der Waals surface area contributed by atoms with Gasteiger partial charge in [0.05, 0.1) is 17.2 Å². The molecule has 1 fully saturated rings. The number of nitrogens with one attached hydrogen (secondary N) is 1. The van der Waals surface area contributed by atoms with Crippen LogP contribution in [0, 0.1) is 0 Å². The summed E-state index contributed by atoms with van der Waals surface area (Å²) < 4.78 is 24.9. The summed E-state index contributed by atoms with van der Waals surface area (Å²) in [5, 5.41) is 7.54. The van der Waals surface area contributed by atoms with Crippen molar-refractivity contribution in [2.45, 2.75) is 31.8 Å². The van der Waals surface area contributed by atoms with Crippen LogP contribution < -0.4 is 5.32 Å². The lowest BCUT2D eigenvalue weighted by Crippen LogP contribution is -2.45. The number of rotatable bonds is 3. The van der Waals surface area contributed by atoms with E-state index in [0.29, 0.717) is 6.42 Å². The summed E-state index contributed by atoms with van der Waals surface area (Å²) in [5.74, 6) is 0.511. The second-order valence-corrected chi connectivity index (χ2v) is 7.33. The van der Waals surface area contributed by atoms with E-state index in [-0.39, 0.29) is 23.1 Å². The second kappa shape index (κ2) is 4.10. The molecule has 2 unspecified atom stereocenters. The van der Waals surface area contributed by atoms with Crippen LogP contribution in [0.2, 0.25) is 0 Å². The average molecular weight is 257 g/mol. The quantitative estimate of drug-likeness (QED) is 0.863. The van der Waals surface area contributed by atoms with Gasteiger partial charge in [0.25, 0.3) is 0 Å². The first-order valence-electron chi connectivity index (χ1n) is 5.77. The molecule has 1 aromatic heterocycles. The number of hydrogen-bond donors (Lipinski definition) is 1. The van der Waals surface area contributed by atoms with Crippen LogP contribution in [0.1, 0.15) is 32.0 Å². The fourth-order valence-electron chi connectivity index (χ4n) is 2.53. The molecule has 2 rings (SSSR count). The smallest absolute Gasteiger partial charge is 0.152 e. The van der Waals surface area contributed by atoms with Crippen LogP contribution in [-0.4, -0.2) is 35.2 Å². The third kappa shape index (κ3) is 2.69. The van der Waals surface area contributed by atoms with Gasteiger partial charge in [-0.25, -0.2) is 8.42 Å². The van der Waals surface area contributed by atoms with E-state index in [2.05, 4.69) is 10.4 Å². The van der Waals surface area contributed by atoms with E-state index in [1.807, 2.05) is 31.6 Å². The minimum atomic E-state index is -2.86. The molecule has 5 nitrogen and oxygen atoms in total. The van der Waals surface area contributed by atoms with Crippen molar-refractivity contribution < 1.29 is 8.42 Å². The van der Waals surface area contributed by atoms with Gasteiger partial charge in [0, 0.05) is 24.8 Å². The maximum Gasteiger partial charge on any atom is 0.152 e. The van der Waals surface area contributed by atoms with Crippen LogP contribution in [0.4, 0.5) is 0 Å². The molecule has 1 aliphatic heterocycles. The molecule has 2 heterocycles. The first-order valence-corrected chi connectivity index (χ1v) is 7.59. The molecule has 0 aliphatic carbocycles. The first kappa shape index (κ1) is 12.6. The van der Waals surface area contributed by atoms with E-state index in [0.717, 1.165) is 5.69 Å². The molecule has 1 saturated heterocycles. The zero-order chi connectivity index (χ0) is 12.7. The Labute approximate surface area is 102 Å². The van der Waals surface area contributed by atoms with Gasteiger partial charge < -0.3 is 5.32 Å². The zero-order valence-corrected chi connectivity index (χ0v) is 11.3. The van der Waals surface area contributed by atoms with E-state index in [1.165, 1.54) is 0 Å². The molecule has 0 spiro atoms. The fourth-order valence-corrected chi connectivity index (χ4v) is 4.63. The Morgan fingerprint density at radius 2 is 2.29 bits per heavy atom. The van der Waals surface area contributed by atoms with Crippen molar-refractivity contribution in [1.82, 2.24) is 15.1 Å². The Hall–Kier alpha value is -0.880. The lowest BCUT2D eigenvalue weighted by Gasteiger charge is -2.28. The minimum absolute atomic E-state index is 0.0980. The number of aromatic nitrogens is 2. The molecule has 6 heteroatoms. The molecule has 0 saturated carbocycles. The Kier molecular flexibility index (Phi) is 3.03. The molecule has 0 amide bonds. The van der Waals surface area contributed by atoms with Crippen molar-refractivity contribution in [2.75, 3.05) is 11.5 Å². The lowest BCUT2D eigenvalue weighted by atomic mass is 10.00. The Balaban J connectivity index is 2.10. The highest BCUT2D eigenvalue weighted by atomic mass is 32.2. The van der Waals surface area contributed by atoms with Gasteiger partial charge in [-0.05, 0) is 26.3 Å². The standard InChI is InChI=1S/C11H19N3O2S/c1-9(10-4-6-12-14(10)3)13-11(2)5-7-17(15,16)8-11/h4,6,9,13H,5,7-8H2,1-3H3. The lowest BCUT2D eigenvalue weighted by molar-refractivity contribution is 0.346. The van der Waals surface area contributed by atoms with Crippen LogP contribution in [-0.2, 0) is 16.9 Å². The fraction of sp³-hybridized carbons (Fsp3) is 0.727. The highest BCUT2D eigenvalue weighted by Gasteiger charge is 2.39. The molecule has 96 valence electrons. The van der Waals surface area contributed by atoms with Crippen molar-refractivity contribution in [1.29, 1.82) is 0 Å². The van der Waals surface area contributed by atoms with Crippen molar-refractivity contribution in [3.8, 4) is 0 Å². The van der Waals surface area contributed by atoms with Crippen LogP contribution in [0.15, 0.2) is 12.3 Å². The summed E-state index contributed by atoms with van der Waals surface area (Å²) in [6, 6.07) is 2.05. The predicted molar refractivity (Wildman–Crippen MR) is 66.4 cm³/mol. The summed E-state index contributed by atoms with van der Waals surface area (Å²) >= 11 is 0. The Morgan fingerprint density at radius 3 is 2.76 bits per heavy atom. The van der Waals surface area contributed by atoms with Crippen molar-refractivity contribution in [2.24, 2.45) is 7.05 Å². The molecule has 0 bridgehead atoms. The largest absolute Gasteiger partial charge is 0.303 e. The van der Waals surface area contributed by atoms with Crippen molar-refractivity contribution >= 4 is 9.84 Å². The summed E-state index contributed by atoms with van der Waals surface area (Å²) in [6.07, 6.45) is 2.43. The van der Waals surface area contributed by atoms with E-state index in [9.17, 15) is 8.42 Å². The maximum absolute atomic E-state index is 11.5.